The molecule has 4 rings (SSSR count). The number of hydrogen-bond donors (Lipinski definition) is 1. The van der Waals surface area contributed by atoms with Crippen molar-refractivity contribution in [3.8, 4) is 5.69 Å². The van der Waals surface area contributed by atoms with E-state index in [1.807, 2.05) is 58.8 Å². The van der Waals surface area contributed by atoms with Crippen molar-refractivity contribution >= 4 is 27.5 Å². The van der Waals surface area contributed by atoms with Crippen LogP contribution < -0.4 is 5.32 Å². The smallest absolute Gasteiger partial charge is 0.261 e. The number of imidazole rings is 1. The van der Waals surface area contributed by atoms with Crippen molar-refractivity contribution in [2.75, 3.05) is 6.54 Å². The van der Waals surface area contributed by atoms with Crippen LogP contribution in [-0.4, -0.2) is 31.8 Å². The normalized spacial score (nSPS) is 11.1. The van der Waals surface area contributed by atoms with E-state index in [1.165, 1.54) is 11.3 Å². The Morgan fingerprint density at radius 3 is 2.88 bits per heavy atom. The summed E-state index contributed by atoms with van der Waals surface area (Å²) < 4.78 is 3.91. The zero-order chi connectivity index (χ0) is 17.9. The molecular weight excluding hydrogens is 346 g/mol. The van der Waals surface area contributed by atoms with E-state index < -0.39 is 0 Å². The Hall–Kier alpha value is -2.93. The minimum Gasteiger partial charge on any atom is -0.351 e. The highest BCUT2D eigenvalue weighted by atomic mass is 32.1. The fraction of sp³-hybridized carbons (Fsp3) is 0.211. The summed E-state index contributed by atoms with van der Waals surface area (Å²) in [5.74, 6) is -0.0316. The third-order valence-corrected chi connectivity index (χ3v) is 5.32. The lowest BCUT2D eigenvalue weighted by Crippen LogP contribution is -2.24. The summed E-state index contributed by atoms with van der Waals surface area (Å²) in [6.45, 7) is 3.45. The Kier molecular flexibility index (Phi) is 4.53. The number of para-hydroxylation sites is 1. The largest absolute Gasteiger partial charge is 0.351 e. The molecule has 1 N–H and O–H groups in total. The predicted octanol–water partition coefficient (Wildman–Crippen LogP) is 3.41. The van der Waals surface area contributed by atoms with Gasteiger partial charge in [-0.15, -0.1) is 11.3 Å². The van der Waals surface area contributed by atoms with Crippen LogP contribution in [0, 0.1) is 6.92 Å². The molecule has 26 heavy (non-hydrogen) atoms. The van der Waals surface area contributed by atoms with Crippen molar-refractivity contribution in [3.05, 3.63) is 65.7 Å². The second-order valence-corrected chi connectivity index (χ2v) is 7.10. The van der Waals surface area contributed by atoms with Gasteiger partial charge in [-0.2, -0.15) is 5.10 Å². The van der Waals surface area contributed by atoms with Crippen molar-refractivity contribution in [3.63, 3.8) is 0 Å². The molecule has 0 radical (unpaired) electrons. The number of fused-ring (bicyclic) bond motifs is 1. The van der Waals surface area contributed by atoms with Gasteiger partial charge in [0.25, 0.3) is 5.91 Å². The van der Waals surface area contributed by atoms with Crippen molar-refractivity contribution in [2.24, 2.45) is 0 Å². The maximum absolute atomic E-state index is 12.5. The summed E-state index contributed by atoms with van der Waals surface area (Å²) in [5.41, 5.74) is 1.93. The molecule has 1 aromatic carbocycles. The lowest BCUT2D eigenvalue weighted by Gasteiger charge is -2.04. The number of carbonyl (C=O) groups is 1. The fourth-order valence-electron chi connectivity index (χ4n) is 2.87. The average Bonchev–Trinajstić information content (AvgIpc) is 3.38. The van der Waals surface area contributed by atoms with E-state index in [0.717, 1.165) is 34.6 Å². The Morgan fingerprint density at radius 2 is 2.12 bits per heavy atom. The zero-order valence-corrected chi connectivity index (χ0v) is 15.2. The van der Waals surface area contributed by atoms with Gasteiger partial charge in [0, 0.05) is 30.9 Å². The van der Waals surface area contributed by atoms with E-state index in [1.54, 1.807) is 12.5 Å². The Morgan fingerprint density at radius 1 is 1.27 bits per heavy atom. The van der Waals surface area contributed by atoms with Gasteiger partial charge in [-0.05, 0) is 31.5 Å². The maximum Gasteiger partial charge on any atom is 0.261 e. The van der Waals surface area contributed by atoms with E-state index in [0.29, 0.717) is 11.4 Å². The van der Waals surface area contributed by atoms with E-state index in [-0.39, 0.29) is 5.91 Å². The molecule has 0 aliphatic heterocycles. The molecule has 0 aliphatic carbocycles. The molecule has 132 valence electrons. The van der Waals surface area contributed by atoms with Crippen LogP contribution in [0.1, 0.15) is 21.8 Å². The molecule has 6 nitrogen and oxygen atoms in total. The molecule has 3 heterocycles. The van der Waals surface area contributed by atoms with Gasteiger partial charge in [0.05, 0.1) is 22.6 Å². The van der Waals surface area contributed by atoms with E-state index in [4.69, 9.17) is 0 Å². The summed E-state index contributed by atoms with van der Waals surface area (Å²) in [6.07, 6.45) is 6.33. The number of rotatable bonds is 6. The number of nitrogens with zero attached hydrogens (tertiary/aromatic N) is 4. The molecule has 0 aliphatic rings. The minimum absolute atomic E-state index is 0.0316. The zero-order valence-electron chi connectivity index (χ0n) is 14.4. The van der Waals surface area contributed by atoms with E-state index in [9.17, 15) is 4.79 Å². The number of nitrogens with one attached hydrogen (secondary N) is 1. The molecule has 1 amide bonds. The number of benzene rings is 1. The molecule has 0 fully saturated rings. The summed E-state index contributed by atoms with van der Waals surface area (Å²) in [6, 6.07) is 11.9. The molecule has 0 atom stereocenters. The van der Waals surface area contributed by atoms with Crippen LogP contribution >= 0.6 is 11.3 Å². The molecule has 0 saturated carbocycles. The van der Waals surface area contributed by atoms with Crippen LogP contribution in [0.15, 0.2) is 55.1 Å². The summed E-state index contributed by atoms with van der Waals surface area (Å²) >= 11 is 1.48. The van der Waals surface area contributed by atoms with Gasteiger partial charge >= 0.3 is 0 Å². The van der Waals surface area contributed by atoms with Crippen molar-refractivity contribution in [1.29, 1.82) is 0 Å². The third-order valence-electron chi connectivity index (χ3n) is 4.21. The molecular formula is C19H19N5OS. The minimum atomic E-state index is -0.0316. The number of amides is 1. The van der Waals surface area contributed by atoms with Crippen LogP contribution in [0.2, 0.25) is 0 Å². The monoisotopic (exact) mass is 365 g/mol. The van der Waals surface area contributed by atoms with E-state index >= 15 is 0 Å². The Balaban J connectivity index is 1.47. The summed E-state index contributed by atoms with van der Waals surface area (Å²) in [7, 11) is 0. The second-order valence-electron chi connectivity index (χ2n) is 6.07. The lowest BCUT2D eigenvalue weighted by atomic mass is 10.3. The lowest BCUT2D eigenvalue weighted by molar-refractivity contribution is 0.0957. The highest BCUT2D eigenvalue weighted by molar-refractivity contribution is 7.20. The molecule has 4 aromatic rings. The number of hydrogen-bond acceptors (Lipinski definition) is 4. The van der Waals surface area contributed by atoms with Gasteiger partial charge in [0.15, 0.2) is 0 Å². The van der Waals surface area contributed by atoms with Gasteiger partial charge < -0.3 is 9.88 Å². The molecule has 0 unspecified atom stereocenters. The number of thiophene rings is 1. The first-order valence-electron chi connectivity index (χ1n) is 8.51. The SMILES string of the molecule is Cc1nn(-c2ccccc2)c2sc(C(=O)NCCCn3ccnc3)cc12. The van der Waals surface area contributed by atoms with Crippen molar-refractivity contribution in [1.82, 2.24) is 24.6 Å². The topological polar surface area (TPSA) is 64.7 Å². The average molecular weight is 365 g/mol. The van der Waals surface area contributed by atoms with E-state index in [2.05, 4.69) is 15.4 Å². The van der Waals surface area contributed by atoms with Gasteiger partial charge in [0.1, 0.15) is 4.83 Å². The standard InChI is InChI=1S/C19H19N5OS/c1-14-16-12-17(18(25)21-8-5-10-23-11-9-20-13-23)26-19(16)24(22-14)15-6-3-2-4-7-15/h2-4,6-7,9,11-13H,5,8,10H2,1H3,(H,21,25). The first-order valence-corrected chi connectivity index (χ1v) is 9.32. The molecule has 7 heteroatoms. The highest BCUT2D eigenvalue weighted by Crippen LogP contribution is 2.30. The summed E-state index contributed by atoms with van der Waals surface area (Å²) in [4.78, 5) is 18.2. The van der Waals surface area contributed by atoms with Gasteiger partial charge in [0.2, 0.25) is 0 Å². The molecule has 0 bridgehead atoms. The summed E-state index contributed by atoms with van der Waals surface area (Å²) in [5, 5.41) is 8.64. The van der Waals surface area contributed by atoms with Crippen molar-refractivity contribution < 1.29 is 4.79 Å². The maximum atomic E-state index is 12.5. The quantitative estimate of drug-likeness (QED) is 0.533. The number of aromatic nitrogens is 4. The van der Waals surface area contributed by atoms with Crippen LogP contribution in [0.25, 0.3) is 15.9 Å². The Labute approximate surface area is 155 Å². The third kappa shape index (κ3) is 3.25. The molecule has 0 saturated heterocycles. The highest BCUT2D eigenvalue weighted by Gasteiger charge is 2.16. The van der Waals surface area contributed by atoms with Gasteiger partial charge in [-0.3, -0.25) is 4.79 Å². The van der Waals surface area contributed by atoms with Gasteiger partial charge in [-0.1, -0.05) is 18.2 Å². The van der Waals surface area contributed by atoms with Crippen LogP contribution in [0.3, 0.4) is 0 Å². The fourth-order valence-corrected chi connectivity index (χ4v) is 3.97. The predicted molar refractivity (Wildman–Crippen MR) is 103 cm³/mol. The first kappa shape index (κ1) is 16.5. The number of carbonyl (C=O) groups excluding carboxylic acids is 1. The number of aryl methyl sites for hydroxylation is 2. The van der Waals surface area contributed by atoms with Crippen LogP contribution in [0.5, 0.6) is 0 Å². The molecule has 3 aromatic heterocycles. The van der Waals surface area contributed by atoms with Crippen LogP contribution in [0.4, 0.5) is 0 Å². The second kappa shape index (κ2) is 7.13. The first-order chi connectivity index (χ1) is 12.7. The molecule has 0 spiro atoms. The Bertz CT molecular complexity index is 1020. The van der Waals surface area contributed by atoms with Gasteiger partial charge in [-0.25, -0.2) is 9.67 Å². The van der Waals surface area contributed by atoms with Crippen molar-refractivity contribution in [2.45, 2.75) is 19.9 Å². The van der Waals surface area contributed by atoms with Crippen LogP contribution in [-0.2, 0) is 6.54 Å².